The average molecular weight is 536 g/mol. The van der Waals surface area contributed by atoms with Gasteiger partial charge in [0.1, 0.15) is 5.71 Å². The number of benzene rings is 2. The van der Waals surface area contributed by atoms with Gasteiger partial charge in [-0.25, -0.2) is 0 Å². The van der Waals surface area contributed by atoms with Crippen LogP contribution in [0.3, 0.4) is 0 Å². The molecule has 6 heteroatoms. The van der Waals surface area contributed by atoms with Crippen LogP contribution in [0.15, 0.2) is 53.6 Å². The maximum atomic E-state index is 13.2. The number of nitrogens with one attached hydrogen (secondary N) is 1. The fourth-order valence-electron chi connectivity index (χ4n) is 4.50. The standard InChI is InChI=1S/C24H27ClIN3O/c1-16-22(24(30)27-19-8-4-2-3-5-9-19)28-29(21-11-7-6-10-20(21)25)23(16)17-12-14-18(26)15-13-17/h6-7,10-16,19,23H,2-5,8-9H2,1H3,(H,27,30)/t16-,23+/m1/s1. The summed E-state index contributed by atoms with van der Waals surface area (Å²) in [6.45, 7) is 2.09. The number of anilines is 1. The second kappa shape index (κ2) is 9.69. The molecule has 1 aliphatic carbocycles. The summed E-state index contributed by atoms with van der Waals surface area (Å²) in [6, 6.07) is 16.3. The molecule has 0 unspecified atom stereocenters. The van der Waals surface area contributed by atoms with Gasteiger partial charge in [-0.15, -0.1) is 0 Å². The van der Waals surface area contributed by atoms with Crippen LogP contribution in [-0.4, -0.2) is 17.7 Å². The zero-order chi connectivity index (χ0) is 21.1. The number of para-hydroxylation sites is 1. The molecular formula is C24H27ClIN3O. The zero-order valence-electron chi connectivity index (χ0n) is 17.2. The molecule has 2 aromatic carbocycles. The summed E-state index contributed by atoms with van der Waals surface area (Å²) in [4.78, 5) is 13.2. The lowest BCUT2D eigenvalue weighted by atomic mass is 9.90. The van der Waals surface area contributed by atoms with E-state index in [0.717, 1.165) is 24.1 Å². The fourth-order valence-corrected chi connectivity index (χ4v) is 5.08. The Balaban J connectivity index is 1.65. The molecule has 30 heavy (non-hydrogen) atoms. The Morgan fingerprint density at radius 1 is 1.07 bits per heavy atom. The van der Waals surface area contributed by atoms with Gasteiger partial charge >= 0.3 is 0 Å². The van der Waals surface area contributed by atoms with Gasteiger partial charge in [0.25, 0.3) is 5.91 Å². The Hall–Kier alpha value is -1.60. The van der Waals surface area contributed by atoms with E-state index >= 15 is 0 Å². The molecule has 4 rings (SSSR count). The zero-order valence-corrected chi connectivity index (χ0v) is 20.1. The largest absolute Gasteiger partial charge is 0.348 e. The van der Waals surface area contributed by atoms with Gasteiger partial charge in [0.2, 0.25) is 0 Å². The van der Waals surface area contributed by atoms with Crippen molar-refractivity contribution >= 4 is 51.5 Å². The predicted octanol–water partition coefficient (Wildman–Crippen LogP) is 6.34. The molecule has 1 aliphatic heterocycles. The summed E-state index contributed by atoms with van der Waals surface area (Å²) < 4.78 is 1.18. The van der Waals surface area contributed by atoms with Gasteiger partial charge in [-0.1, -0.05) is 68.5 Å². The second-order valence-electron chi connectivity index (χ2n) is 8.23. The van der Waals surface area contributed by atoms with Crippen LogP contribution < -0.4 is 10.3 Å². The summed E-state index contributed by atoms with van der Waals surface area (Å²) >= 11 is 8.83. The quantitative estimate of drug-likeness (QED) is 0.367. The van der Waals surface area contributed by atoms with Crippen LogP contribution in [0.5, 0.6) is 0 Å². The van der Waals surface area contributed by atoms with E-state index in [4.69, 9.17) is 16.7 Å². The van der Waals surface area contributed by atoms with Crippen molar-refractivity contribution in [2.24, 2.45) is 11.0 Å². The third-order valence-corrected chi connectivity index (χ3v) is 7.16. The first-order valence-electron chi connectivity index (χ1n) is 10.7. The number of carbonyl (C=O) groups is 1. The molecule has 1 amide bonds. The van der Waals surface area contributed by atoms with Gasteiger partial charge < -0.3 is 5.32 Å². The Morgan fingerprint density at radius 3 is 2.40 bits per heavy atom. The molecule has 0 radical (unpaired) electrons. The minimum Gasteiger partial charge on any atom is -0.348 e. The lowest BCUT2D eigenvalue weighted by Gasteiger charge is -2.27. The Labute approximate surface area is 197 Å². The van der Waals surface area contributed by atoms with Gasteiger partial charge in [0.05, 0.1) is 16.8 Å². The highest BCUT2D eigenvalue weighted by atomic mass is 127. The van der Waals surface area contributed by atoms with E-state index in [0.29, 0.717) is 10.7 Å². The summed E-state index contributed by atoms with van der Waals surface area (Å²) in [7, 11) is 0. The second-order valence-corrected chi connectivity index (χ2v) is 9.88. The molecule has 4 nitrogen and oxygen atoms in total. The van der Waals surface area contributed by atoms with Crippen LogP contribution in [0, 0.1) is 9.49 Å². The van der Waals surface area contributed by atoms with Crippen LogP contribution in [0.2, 0.25) is 5.02 Å². The Kier molecular flexibility index (Phi) is 6.98. The first kappa shape index (κ1) is 21.6. The van der Waals surface area contributed by atoms with E-state index in [-0.39, 0.29) is 23.9 Å². The van der Waals surface area contributed by atoms with Crippen molar-refractivity contribution in [3.05, 3.63) is 62.7 Å². The van der Waals surface area contributed by atoms with E-state index < -0.39 is 0 Å². The molecule has 2 aromatic rings. The molecule has 0 aromatic heterocycles. The number of amides is 1. The van der Waals surface area contributed by atoms with Gasteiger partial charge in [-0.3, -0.25) is 9.80 Å². The summed E-state index contributed by atoms with van der Waals surface area (Å²) in [5.41, 5.74) is 2.54. The number of carbonyl (C=O) groups excluding carboxylic acids is 1. The topological polar surface area (TPSA) is 44.7 Å². The lowest BCUT2D eigenvalue weighted by Crippen LogP contribution is -2.40. The van der Waals surface area contributed by atoms with Gasteiger partial charge in [0, 0.05) is 15.5 Å². The van der Waals surface area contributed by atoms with E-state index in [2.05, 4.69) is 59.1 Å². The van der Waals surface area contributed by atoms with Gasteiger partial charge in [-0.2, -0.15) is 5.10 Å². The minimum atomic E-state index is -0.0724. The lowest BCUT2D eigenvalue weighted by molar-refractivity contribution is -0.115. The van der Waals surface area contributed by atoms with Gasteiger partial charge in [0.15, 0.2) is 0 Å². The summed E-state index contributed by atoms with van der Waals surface area (Å²) in [6.07, 6.45) is 7.01. The fraction of sp³-hybridized carbons (Fsp3) is 0.417. The molecule has 1 fully saturated rings. The molecule has 0 bridgehead atoms. The maximum Gasteiger partial charge on any atom is 0.268 e. The van der Waals surface area contributed by atoms with Crippen LogP contribution in [0.1, 0.15) is 57.1 Å². The van der Waals surface area contributed by atoms with Crippen molar-refractivity contribution in [2.75, 3.05) is 5.01 Å². The van der Waals surface area contributed by atoms with Crippen molar-refractivity contribution in [3.8, 4) is 0 Å². The molecule has 1 saturated carbocycles. The monoisotopic (exact) mass is 535 g/mol. The predicted molar refractivity (Wildman–Crippen MR) is 132 cm³/mol. The van der Waals surface area contributed by atoms with Crippen molar-refractivity contribution < 1.29 is 4.79 Å². The number of nitrogens with zero attached hydrogens (tertiary/aromatic N) is 2. The molecular weight excluding hydrogens is 509 g/mol. The first-order valence-corrected chi connectivity index (χ1v) is 12.2. The Morgan fingerprint density at radius 2 is 1.73 bits per heavy atom. The van der Waals surface area contributed by atoms with Crippen LogP contribution in [0.4, 0.5) is 5.69 Å². The number of hydrazone groups is 1. The molecule has 1 heterocycles. The summed E-state index contributed by atoms with van der Waals surface area (Å²) in [5, 5.41) is 10.7. The highest BCUT2D eigenvalue weighted by Crippen LogP contribution is 2.41. The molecule has 2 aliphatic rings. The van der Waals surface area contributed by atoms with Crippen molar-refractivity contribution in [1.82, 2.24) is 5.32 Å². The third kappa shape index (κ3) is 4.67. The first-order chi connectivity index (χ1) is 14.5. The highest BCUT2D eigenvalue weighted by molar-refractivity contribution is 14.1. The molecule has 0 spiro atoms. The Bertz CT molecular complexity index is 922. The number of halogens is 2. The van der Waals surface area contributed by atoms with E-state index in [1.807, 2.05) is 29.3 Å². The normalized spacial score (nSPS) is 22.5. The van der Waals surface area contributed by atoms with E-state index in [1.165, 1.54) is 29.3 Å². The molecule has 0 saturated heterocycles. The maximum absolute atomic E-state index is 13.2. The van der Waals surface area contributed by atoms with Crippen LogP contribution >= 0.6 is 34.2 Å². The van der Waals surface area contributed by atoms with Crippen LogP contribution in [0.25, 0.3) is 0 Å². The highest BCUT2D eigenvalue weighted by Gasteiger charge is 2.40. The minimum absolute atomic E-state index is 0.0422. The molecule has 158 valence electrons. The SMILES string of the molecule is C[C@@H]1C(C(=O)NC2CCCCCC2)=NN(c2ccccc2Cl)[C@@H]1c1ccc(I)cc1. The van der Waals surface area contributed by atoms with E-state index in [9.17, 15) is 4.79 Å². The number of hydrogen-bond donors (Lipinski definition) is 1. The van der Waals surface area contributed by atoms with Crippen molar-refractivity contribution in [3.63, 3.8) is 0 Å². The third-order valence-electron chi connectivity index (χ3n) is 6.12. The van der Waals surface area contributed by atoms with Gasteiger partial charge in [-0.05, 0) is 65.3 Å². The smallest absolute Gasteiger partial charge is 0.268 e. The van der Waals surface area contributed by atoms with Crippen molar-refractivity contribution in [2.45, 2.75) is 57.5 Å². The van der Waals surface area contributed by atoms with E-state index in [1.54, 1.807) is 0 Å². The average Bonchev–Trinajstić information content (AvgIpc) is 2.89. The molecule has 2 atom stereocenters. The number of hydrogen-bond acceptors (Lipinski definition) is 3. The molecule has 1 N–H and O–H groups in total. The summed E-state index contributed by atoms with van der Waals surface area (Å²) in [5.74, 6) is -0.0911. The van der Waals surface area contributed by atoms with Crippen LogP contribution in [-0.2, 0) is 4.79 Å². The van der Waals surface area contributed by atoms with Crippen molar-refractivity contribution in [1.29, 1.82) is 0 Å². The number of rotatable bonds is 4.